The van der Waals surface area contributed by atoms with Crippen LogP contribution in [-0.2, 0) is 6.54 Å². The molecule has 0 fully saturated rings. The third-order valence-corrected chi connectivity index (χ3v) is 5.76. The van der Waals surface area contributed by atoms with Gasteiger partial charge in [0.2, 0.25) is 0 Å². The number of fused-ring (bicyclic) bond motifs is 1. The molecule has 1 aliphatic heterocycles. The summed E-state index contributed by atoms with van der Waals surface area (Å²) < 4.78 is 3.92. The van der Waals surface area contributed by atoms with Crippen molar-refractivity contribution in [2.45, 2.75) is 13.5 Å². The Morgan fingerprint density at radius 2 is 2.13 bits per heavy atom. The molecule has 0 bridgehead atoms. The van der Waals surface area contributed by atoms with E-state index in [0.717, 1.165) is 33.4 Å². The number of pyridine rings is 1. The van der Waals surface area contributed by atoms with Gasteiger partial charge in [-0.05, 0) is 47.4 Å². The molecule has 0 spiro atoms. The van der Waals surface area contributed by atoms with Crippen molar-refractivity contribution in [3.63, 3.8) is 0 Å². The number of hydrogen-bond acceptors (Lipinski definition) is 4. The molecule has 3 aromatic heterocycles. The summed E-state index contributed by atoms with van der Waals surface area (Å²) in [6, 6.07) is 12.4. The molecule has 1 atom stereocenters. The highest BCUT2D eigenvalue weighted by molar-refractivity contribution is 5.82. The average Bonchev–Trinajstić information content (AvgIpc) is 3.44. The summed E-state index contributed by atoms with van der Waals surface area (Å²) in [5.74, 6) is 0.144. The summed E-state index contributed by atoms with van der Waals surface area (Å²) >= 11 is 0. The van der Waals surface area contributed by atoms with E-state index in [9.17, 15) is 9.90 Å². The van der Waals surface area contributed by atoms with Crippen molar-refractivity contribution in [2.75, 3.05) is 13.1 Å². The first-order chi connectivity index (χ1) is 15.1. The lowest BCUT2D eigenvalue weighted by Crippen LogP contribution is -2.37. The minimum atomic E-state index is -0.872. The maximum absolute atomic E-state index is 11.2. The maximum atomic E-state index is 11.2. The number of nitrogens with zero attached hydrogens (tertiary/aromatic N) is 6. The van der Waals surface area contributed by atoms with Crippen molar-refractivity contribution in [1.82, 2.24) is 29.2 Å². The highest BCUT2D eigenvalue weighted by atomic mass is 16.4. The second-order valence-corrected chi connectivity index (χ2v) is 7.81. The first kappa shape index (κ1) is 19.0. The van der Waals surface area contributed by atoms with E-state index >= 15 is 0 Å². The van der Waals surface area contributed by atoms with Gasteiger partial charge in [-0.25, -0.2) is 14.5 Å². The summed E-state index contributed by atoms with van der Waals surface area (Å²) in [5.41, 5.74) is 5.28. The largest absolute Gasteiger partial charge is 0.465 e. The Labute approximate surface area is 179 Å². The monoisotopic (exact) mass is 414 g/mol. The predicted molar refractivity (Wildman–Crippen MR) is 117 cm³/mol. The number of amides is 1. The SMILES string of the molecule is CC1CN(C(=O)O)CC=C1c1ccc(Cn2ccc3cc(-n4cncn4)ccc32)nc1. The normalized spacial score (nSPS) is 16.5. The number of carboxylic acid groups (broad SMARTS) is 1. The highest BCUT2D eigenvalue weighted by Crippen LogP contribution is 2.27. The zero-order valence-corrected chi connectivity index (χ0v) is 17.1. The van der Waals surface area contributed by atoms with Crippen LogP contribution in [0.2, 0.25) is 0 Å². The molecule has 156 valence electrons. The molecule has 1 amide bonds. The first-order valence-electron chi connectivity index (χ1n) is 10.2. The van der Waals surface area contributed by atoms with Crippen LogP contribution in [0.15, 0.2) is 67.5 Å². The molecule has 1 unspecified atom stereocenters. The third kappa shape index (κ3) is 3.68. The molecule has 0 saturated heterocycles. The summed E-state index contributed by atoms with van der Waals surface area (Å²) in [6.45, 7) is 3.65. The standard InChI is InChI=1S/C23H22N6O2/c1-16-12-28(23(30)31)9-7-21(16)18-2-3-19(25-11-18)13-27-8-6-17-10-20(4-5-22(17)27)29-15-24-14-26-29/h2-8,10-11,14-16H,9,12-13H2,1H3,(H,30,31). The molecule has 5 rings (SSSR count). The fraction of sp³-hybridized carbons (Fsp3) is 0.217. The Morgan fingerprint density at radius 1 is 1.23 bits per heavy atom. The molecule has 4 aromatic rings. The number of aromatic nitrogens is 5. The van der Waals surface area contributed by atoms with Crippen molar-refractivity contribution in [3.05, 3.63) is 78.8 Å². The Morgan fingerprint density at radius 3 is 2.84 bits per heavy atom. The van der Waals surface area contributed by atoms with Gasteiger partial charge in [0.05, 0.1) is 17.9 Å². The Balaban J connectivity index is 1.34. The zero-order valence-electron chi connectivity index (χ0n) is 17.1. The first-order valence-corrected chi connectivity index (χ1v) is 10.2. The van der Waals surface area contributed by atoms with Crippen LogP contribution in [0, 0.1) is 5.92 Å². The minimum Gasteiger partial charge on any atom is -0.465 e. The second-order valence-electron chi connectivity index (χ2n) is 7.81. The van der Waals surface area contributed by atoms with E-state index in [0.29, 0.717) is 19.6 Å². The van der Waals surface area contributed by atoms with Crippen LogP contribution in [0.5, 0.6) is 0 Å². The van der Waals surface area contributed by atoms with Crippen LogP contribution in [-0.4, -0.2) is 53.5 Å². The maximum Gasteiger partial charge on any atom is 0.407 e. The summed E-state index contributed by atoms with van der Waals surface area (Å²) in [4.78, 5) is 21.3. The average molecular weight is 414 g/mol. The van der Waals surface area contributed by atoms with E-state index in [1.807, 2.05) is 31.3 Å². The quantitative estimate of drug-likeness (QED) is 0.550. The van der Waals surface area contributed by atoms with Crippen LogP contribution in [0.4, 0.5) is 4.79 Å². The van der Waals surface area contributed by atoms with E-state index < -0.39 is 6.09 Å². The summed E-state index contributed by atoms with van der Waals surface area (Å²) in [6.07, 6.45) is 8.29. The van der Waals surface area contributed by atoms with Crippen molar-refractivity contribution in [2.24, 2.45) is 5.92 Å². The highest BCUT2D eigenvalue weighted by Gasteiger charge is 2.23. The fourth-order valence-corrected chi connectivity index (χ4v) is 4.14. The van der Waals surface area contributed by atoms with Crippen molar-refractivity contribution < 1.29 is 9.90 Å². The Kier molecular flexibility index (Phi) is 4.74. The van der Waals surface area contributed by atoms with Gasteiger partial charge in [-0.3, -0.25) is 4.98 Å². The Hall–Kier alpha value is -3.94. The molecular weight excluding hydrogens is 392 g/mol. The van der Waals surface area contributed by atoms with Crippen molar-refractivity contribution >= 4 is 22.6 Å². The third-order valence-electron chi connectivity index (χ3n) is 5.76. The fourth-order valence-electron chi connectivity index (χ4n) is 4.14. The van der Waals surface area contributed by atoms with Gasteiger partial charge in [0.1, 0.15) is 12.7 Å². The molecular formula is C23H22N6O2. The van der Waals surface area contributed by atoms with Crippen LogP contribution < -0.4 is 0 Å². The Bertz CT molecular complexity index is 1260. The van der Waals surface area contributed by atoms with Crippen LogP contribution in [0.3, 0.4) is 0 Å². The molecule has 0 aliphatic carbocycles. The lowest BCUT2D eigenvalue weighted by atomic mass is 9.91. The van der Waals surface area contributed by atoms with Gasteiger partial charge in [-0.1, -0.05) is 19.1 Å². The number of benzene rings is 1. The van der Waals surface area contributed by atoms with E-state index in [1.54, 1.807) is 11.0 Å². The second kappa shape index (κ2) is 7.71. The van der Waals surface area contributed by atoms with Gasteiger partial charge in [-0.15, -0.1) is 0 Å². The topological polar surface area (TPSA) is 89.1 Å². The van der Waals surface area contributed by atoms with E-state index in [2.05, 4.69) is 50.1 Å². The molecule has 1 N–H and O–H groups in total. The molecule has 1 aliphatic rings. The molecule has 1 aromatic carbocycles. The van der Waals surface area contributed by atoms with Gasteiger partial charge >= 0.3 is 6.09 Å². The lowest BCUT2D eigenvalue weighted by molar-refractivity contribution is 0.145. The van der Waals surface area contributed by atoms with E-state index in [1.165, 1.54) is 11.2 Å². The number of hydrogen-bond donors (Lipinski definition) is 1. The van der Waals surface area contributed by atoms with Crippen molar-refractivity contribution in [3.8, 4) is 5.69 Å². The molecule has 0 saturated carbocycles. The summed E-state index contributed by atoms with van der Waals surface area (Å²) in [7, 11) is 0. The lowest BCUT2D eigenvalue weighted by Gasteiger charge is -2.29. The molecule has 31 heavy (non-hydrogen) atoms. The van der Waals surface area contributed by atoms with Gasteiger partial charge in [0.15, 0.2) is 0 Å². The number of rotatable bonds is 4. The van der Waals surface area contributed by atoms with Gasteiger partial charge in [0, 0.05) is 36.4 Å². The smallest absolute Gasteiger partial charge is 0.407 e. The van der Waals surface area contributed by atoms with Gasteiger partial charge < -0.3 is 14.6 Å². The predicted octanol–water partition coefficient (Wildman–Crippen LogP) is 3.68. The van der Waals surface area contributed by atoms with Crippen LogP contribution >= 0.6 is 0 Å². The van der Waals surface area contributed by atoms with E-state index in [4.69, 9.17) is 0 Å². The zero-order chi connectivity index (χ0) is 21.4. The van der Waals surface area contributed by atoms with Gasteiger partial charge in [0.25, 0.3) is 0 Å². The van der Waals surface area contributed by atoms with E-state index in [-0.39, 0.29) is 5.92 Å². The number of carbonyl (C=O) groups is 1. The van der Waals surface area contributed by atoms with Crippen molar-refractivity contribution in [1.29, 1.82) is 0 Å². The van der Waals surface area contributed by atoms with Crippen LogP contribution in [0.1, 0.15) is 18.2 Å². The summed E-state index contributed by atoms with van der Waals surface area (Å²) in [5, 5.41) is 14.5. The van der Waals surface area contributed by atoms with Gasteiger partial charge in [-0.2, -0.15) is 5.10 Å². The minimum absolute atomic E-state index is 0.144. The molecule has 8 heteroatoms. The molecule has 4 heterocycles. The molecule has 8 nitrogen and oxygen atoms in total. The molecule has 0 radical (unpaired) electrons. The van der Waals surface area contributed by atoms with Crippen LogP contribution in [0.25, 0.3) is 22.2 Å².